The summed E-state index contributed by atoms with van der Waals surface area (Å²) in [6.45, 7) is 17.0. The predicted octanol–water partition coefficient (Wildman–Crippen LogP) is 6.77. The standard InChI is InChI=1S/C17H37Si/c1-8-9-10-11-12-13-14-18(15(2)3,16(4)5)17(6)7/h14-17H,8-13H2,1-7H3. The maximum atomic E-state index is 2.80. The molecule has 0 rings (SSSR count). The minimum Gasteiger partial charge on any atom is -0.0654 e. The fourth-order valence-corrected chi connectivity index (χ4v) is 9.93. The Kier molecular flexibility index (Phi) is 9.28. The van der Waals surface area contributed by atoms with Gasteiger partial charge >= 0.3 is 0 Å². The van der Waals surface area contributed by atoms with Crippen molar-refractivity contribution in [2.24, 2.45) is 0 Å². The highest BCUT2D eigenvalue weighted by Gasteiger charge is 2.41. The van der Waals surface area contributed by atoms with E-state index in [1.807, 2.05) is 0 Å². The zero-order valence-corrected chi connectivity index (χ0v) is 15.1. The van der Waals surface area contributed by atoms with E-state index in [4.69, 9.17) is 0 Å². The second-order valence-electron chi connectivity index (χ2n) is 6.87. The Morgan fingerprint density at radius 2 is 1.17 bits per heavy atom. The Morgan fingerprint density at radius 3 is 1.56 bits per heavy atom. The Morgan fingerprint density at radius 1 is 0.722 bits per heavy atom. The Labute approximate surface area is 118 Å². The normalized spacial score (nSPS) is 13.0. The Hall–Kier alpha value is 0.217. The Balaban J connectivity index is 4.26. The summed E-state index contributed by atoms with van der Waals surface area (Å²) in [6.07, 6.45) is 8.42. The van der Waals surface area contributed by atoms with Gasteiger partial charge in [0.15, 0.2) is 0 Å². The van der Waals surface area contributed by atoms with E-state index in [2.05, 4.69) is 54.5 Å². The summed E-state index contributed by atoms with van der Waals surface area (Å²) in [7, 11) is -1.22. The topological polar surface area (TPSA) is 0 Å². The molecule has 0 nitrogen and oxygen atoms in total. The van der Waals surface area contributed by atoms with Crippen molar-refractivity contribution in [2.45, 2.75) is 104 Å². The Bertz CT molecular complexity index is 172. The quantitative estimate of drug-likeness (QED) is 0.303. The minimum atomic E-state index is -1.22. The van der Waals surface area contributed by atoms with E-state index in [9.17, 15) is 0 Å². The lowest BCUT2D eigenvalue weighted by Crippen LogP contribution is -2.45. The molecule has 0 saturated heterocycles. The molecule has 1 heteroatoms. The van der Waals surface area contributed by atoms with Crippen LogP contribution >= 0.6 is 0 Å². The number of unbranched alkanes of at least 4 members (excludes halogenated alkanes) is 5. The van der Waals surface area contributed by atoms with Gasteiger partial charge in [0.05, 0.1) is 8.07 Å². The van der Waals surface area contributed by atoms with Gasteiger partial charge in [0.25, 0.3) is 0 Å². The van der Waals surface area contributed by atoms with Gasteiger partial charge in [0, 0.05) is 0 Å². The molecule has 0 amide bonds. The summed E-state index contributed by atoms with van der Waals surface area (Å²) in [5.74, 6) is 0. The van der Waals surface area contributed by atoms with Crippen molar-refractivity contribution in [3.05, 3.63) is 6.04 Å². The molecule has 0 aromatic carbocycles. The molecule has 109 valence electrons. The molecule has 0 aromatic rings. The third-order valence-electron chi connectivity index (χ3n) is 4.81. The van der Waals surface area contributed by atoms with E-state index in [0.717, 1.165) is 16.6 Å². The molecule has 1 radical (unpaired) electrons. The summed E-state index contributed by atoms with van der Waals surface area (Å²) < 4.78 is 0. The average molecular weight is 270 g/mol. The molecule has 18 heavy (non-hydrogen) atoms. The summed E-state index contributed by atoms with van der Waals surface area (Å²) in [5, 5.41) is 0. The van der Waals surface area contributed by atoms with Crippen LogP contribution in [-0.2, 0) is 0 Å². The molecule has 0 atom stereocenters. The molecule has 0 spiro atoms. The minimum absolute atomic E-state index is 0.883. The van der Waals surface area contributed by atoms with Gasteiger partial charge in [0.2, 0.25) is 0 Å². The van der Waals surface area contributed by atoms with Gasteiger partial charge < -0.3 is 0 Å². The molecule has 0 heterocycles. The van der Waals surface area contributed by atoms with Crippen LogP contribution in [0.1, 0.15) is 87.0 Å². The summed E-state index contributed by atoms with van der Waals surface area (Å²) in [6, 6.07) is 2.80. The van der Waals surface area contributed by atoms with Crippen molar-refractivity contribution in [1.82, 2.24) is 0 Å². The highest BCUT2D eigenvalue weighted by atomic mass is 28.3. The van der Waals surface area contributed by atoms with Crippen molar-refractivity contribution < 1.29 is 0 Å². The fourth-order valence-electron chi connectivity index (χ4n) is 3.81. The zero-order chi connectivity index (χ0) is 14.2. The van der Waals surface area contributed by atoms with Gasteiger partial charge in [-0.2, -0.15) is 0 Å². The molecular formula is C17H37Si. The lowest BCUT2D eigenvalue weighted by atomic mass is 10.1. The van der Waals surface area contributed by atoms with E-state index >= 15 is 0 Å². The van der Waals surface area contributed by atoms with Crippen LogP contribution in [0.5, 0.6) is 0 Å². The average Bonchev–Trinajstić information content (AvgIpc) is 2.26. The van der Waals surface area contributed by atoms with Crippen LogP contribution in [0.15, 0.2) is 0 Å². The summed E-state index contributed by atoms with van der Waals surface area (Å²) in [5.41, 5.74) is 2.65. The van der Waals surface area contributed by atoms with Gasteiger partial charge in [0.1, 0.15) is 0 Å². The van der Waals surface area contributed by atoms with E-state index < -0.39 is 8.07 Å². The SMILES string of the molecule is CCCCCCC[CH][Si](C(C)C)(C(C)C)C(C)C. The maximum Gasteiger partial charge on any atom is 0.0643 e. The molecule has 0 bridgehead atoms. The number of hydrogen-bond acceptors (Lipinski definition) is 0. The van der Waals surface area contributed by atoms with E-state index in [1.54, 1.807) is 0 Å². The lowest BCUT2D eigenvalue weighted by molar-refractivity contribution is 0.630. The fraction of sp³-hybridized carbons (Fsp3) is 0.941. The third kappa shape index (κ3) is 5.07. The van der Waals surface area contributed by atoms with Crippen molar-refractivity contribution in [2.75, 3.05) is 0 Å². The number of rotatable bonds is 10. The predicted molar refractivity (Wildman–Crippen MR) is 88.7 cm³/mol. The molecule has 0 aliphatic rings. The van der Waals surface area contributed by atoms with E-state index in [0.29, 0.717) is 0 Å². The van der Waals surface area contributed by atoms with Crippen molar-refractivity contribution in [1.29, 1.82) is 0 Å². The first-order valence-electron chi connectivity index (χ1n) is 8.23. The molecule has 0 aliphatic heterocycles. The molecule has 0 aromatic heterocycles. The van der Waals surface area contributed by atoms with Crippen molar-refractivity contribution >= 4 is 8.07 Å². The van der Waals surface area contributed by atoms with Gasteiger partial charge in [-0.05, 0) is 6.04 Å². The summed E-state index contributed by atoms with van der Waals surface area (Å²) >= 11 is 0. The second kappa shape index (κ2) is 9.17. The van der Waals surface area contributed by atoms with Crippen LogP contribution in [0.3, 0.4) is 0 Å². The number of hydrogen-bond donors (Lipinski definition) is 0. The first-order chi connectivity index (χ1) is 8.39. The van der Waals surface area contributed by atoms with E-state index in [1.165, 1.54) is 38.5 Å². The third-order valence-corrected chi connectivity index (χ3v) is 11.8. The smallest absolute Gasteiger partial charge is 0.0643 e. The van der Waals surface area contributed by atoms with Gasteiger partial charge in [-0.3, -0.25) is 0 Å². The lowest BCUT2D eigenvalue weighted by Gasteiger charge is -2.43. The highest BCUT2D eigenvalue weighted by molar-refractivity contribution is 6.86. The van der Waals surface area contributed by atoms with Crippen LogP contribution < -0.4 is 0 Å². The monoisotopic (exact) mass is 269 g/mol. The van der Waals surface area contributed by atoms with Crippen LogP contribution in [0.4, 0.5) is 0 Å². The van der Waals surface area contributed by atoms with Crippen molar-refractivity contribution in [3.63, 3.8) is 0 Å². The molecule has 0 fully saturated rings. The first kappa shape index (κ1) is 18.2. The van der Waals surface area contributed by atoms with Gasteiger partial charge in [-0.1, -0.05) is 104 Å². The van der Waals surface area contributed by atoms with E-state index in [-0.39, 0.29) is 0 Å². The molecule has 0 aliphatic carbocycles. The zero-order valence-electron chi connectivity index (χ0n) is 14.1. The van der Waals surface area contributed by atoms with Gasteiger partial charge in [-0.15, -0.1) is 0 Å². The van der Waals surface area contributed by atoms with Crippen LogP contribution in [0, 0.1) is 6.04 Å². The van der Waals surface area contributed by atoms with Gasteiger partial charge in [-0.25, -0.2) is 0 Å². The summed E-state index contributed by atoms with van der Waals surface area (Å²) in [4.78, 5) is 0. The first-order valence-corrected chi connectivity index (χ1v) is 10.5. The van der Waals surface area contributed by atoms with Crippen molar-refractivity contribution in [3.8, 4) is 0 Å². The van der Waals surface area contributed by atoms with Crippen LogP contribution in [0.2, 0.25) is 16.6 Å². The molecule has 0 saturated carbocycles. The largest absolute Gasteiger partial charge is 0.0654 e. The van der Waals surface area contributed by atoms with Crippen LogP contribution in [0.25, 0.3) is 0 Å². The van der Waals surface area contributed by atoms with Crippen LogP contribution in [-0.4, -0.2) is 8.07 Å². The highest BCUT2D eigenvalue weighted by Crippen LogP contribution is 2.44. The molecular weight excluding hydrogens is 232 g/mol. The molecule has 0 unspecified atom stereocenters. The molecule has 0 N–H and O–H groups in total. The maximum absolute atomic E-state index is 2.80. The second-order valence-corrected chi connectivity index (χ2v) is 12.7.